The van der Waals surface area contributed by atoms with Crippen LogP contribution in [-0.4, -0.2) is 20.9 Å². The molecule has 2 aromatic heterocycles. The lowest BCUT2D eigenvalue weighted by Crippen LogP contribution is -2.15. The molecule has 0 aliphatic rings. The zero-order valence-electron chi connectivity index (χ0n) is 19.4. The molecule has 1 unspecified atom stereocenters. The fourth-order valence-electron chi connectivity index (χ4n) is 3.98. The van der Waals surface area contributed by atoms with Crippen LogP contribution in [-0.2, 0) is 19.0 Å². The van der Waals surface area contributed by atoms with Crippen LogP contribution in [0.5, 0.6) is 0 Å². The van der Waals surface area contributed by atoms with Gasteiger partial charge in [0.1, 0.15) is 5.69 Å². The summed E-state index contributed by atoms with van der Waals surface area (Å²) in [4.78, 5) is 3.81. The van der Waals surface area contributed by atoms with E-state index in [1.54, 1.807) is 4.68 Å². The topological polar surface area (TPSA) is 63.9 Å². The Morgan fingerprint density at radius 1 is 1.06 bits per heavy atom. The molecule has 0 radical (unpaired) electrons. The number of fused-ring (bicyclic) bond motifs is 1. The quantitative estimate of drug-likeness (QED) is 0.199. The van der Waals surface area contributed by atoms with Gasteiger partial charge in [-0.05, 0) is 11.5 Å². The van der Waals surface area contributed by atoms with Crippen molar-refractivity contribution in [3.05, 3.63) is 71.7 Å². The molecule has 0 spiro atoms. The van der Waals surface area contributed by atoms with Crippen LogP contribution in [0.15, 0.2) is 64.8 Å². The third-order valence-corrected chi connectivity index (χ3v) is 5.85. The Hall–Kier alpha value is -3.33. The van der Waals surface area contributed by atoms with E-state index in [1.165, 1.54) is 0 Å². The SMILES string of the molecule is [C-]#[N+]c1c(C(C)(C)C)nn(CCNP)c1N=Nc1c(-c2ccccc2)n(C)c2ccccc12. The summed E-state index contributed by atoms with van der Waals surface area (Å²) in [6.07, 6.45) is 0. The number of para-hydroxylation sites is 1. The fraction of sp³-hybridized carbons (Fsp3) is 0.280. The minimum Gasteiger partial charge on any atom is -0.342 e. The van der Waals surface area contributed by atoms with E-state index in [4.69, 9.17) is 16.8 Å². The van der Waals surface area contributed by atoms with Crippen molar-refractivity contribution in [1.29, 1.82) is 0 Å². The van der Waals surface area contributed by atoms with Crippen LogP contribution in [0.3, 0.4) is 0 Å². The summed E-state index contributed by atoms with van der Waals surface area (Å²) in [5.41, 5.74) is 4.81. The fourth-order valence-corrected chi connectivity index (χ4v) is 4.10. The van der Waals surface area contributed by atoms with E-state index in [-0.39, 0.29) is 5.41 Å². The molecule has 1 N–H and O–H groups in total. The van der Waals surface area contributed by atoms with E-state index in [1.807, 2.05) is 37.4 Å². The van der Waals surface area contributed by atoms with Crippen LogP contribution in [0.1, 0.15) is 26.5 Å². The third-order valence-electron chi connectivity index (χ3n) is 5.56. The van der Waals surface area contributed by atoms with Crippen LogP contribution in [0.25, 0.3) is 27.0 Å². The minimum absolute atomic E-state index is 0.279. The molecule has 0 aliphatic carbocycles. The van der Waals surface area contributed by atoms with Crippen molar-refractivity contribution in [2.75, 3.05) is 6.54 Å². The Bertz CT molecular complexity index is 1350. The van der Waals surface area contributed by atoms with Crippen LogP contribution in [0.4, 0.5) is 17.2 Å². The molecule has 0 bridgehead atoms. The highest BCUT2D eigenvalue weighted by molar-refractivity contribution is 7.13. The van der Waals surface area contributed by atoms with Gasteiger partial charge in [0.25, 0.3) is 5.69 Å². The molecule has 0 saturated heterocycles. The lowest BCUT2D eigenvalue weighted by Gasteiger charge is -2.15. The first-order chi connectivity index (χ1) is 15.9. The van der Waals surface area contributed by atoms with Gasteiger partial charge in [-0.25, -0.2) is 4.85 Å². The molecule has 168 valence electrons. The van der Waals surface area contributed by atoms with Crippen molar-refractivity contribution < 1.29 is 0 Å². The van der Waals surface area contributed by atoms with E-state index < -0.39 is 0 Å². The van der Waals surface area contributed by atoms with E-state index in [2.05, 4.69) is 74.0 Å². The summed E-state index contributed by atoms with van der Waals surface area (Å²) in [7, 11) is 4.54. The van der Waals surface area contributed by atoms with Crippen molar-refractivity contribution in [3.63, 3.8) is 0 Å². The molecular weight excluding hydrogens is 429 g/mol. The van der Waals surface area contributed by atoms with Crippen molar-refractivity contribution >= 4 is 37.5 Å². The Labute approximate surface area is 196 Å². The molecule has 0 saturated carbocycles. The van der Waals surface area contributed by atoms with Gasteiger partial charge in [0.2, 0.25) is 0 Å². The third kappa shape index (κ3) is 4.32. The zero-order chi connectivity index (χ0) is 23.6. The summed E-state index contributed by atoms with van der Waals surface area (Å²) in [5.74, 6) is 0.488. The van der Waals surface area contributed by atoms with E-state index >= 15 is 0 Å². The number of rotatable bonds is 6. The van der Waals surface area contributed by atoms with Crippen LogP contribution < -0.4 is 5.09 Å². The number of hydrogen-bond donors (Lipinski definition) is 1. The van der Waals surface area contributed by atoms with Gasteiger partial charge in [0, 0.05) is 24.5 Å². The molecule has 0 aliphatic heterocycles. The zero-order valence-corrected chi connectivity index (χ0v) is 20.5. The molecular formula is C25H28N7P. The first kappa shape index (κ1) is 22.8. The highest BCUT2D eigenvalue weighted by atomic mass is 31.0. The largest absolute Gasteiger partial charge is 0.342 e. The maximum absolute atomic E-state index is 7.84. The second-order valence-electron chi connectivity index (χ2n) is 8.90. The number of hydrogen-bond acceptors (Lipinski definition) is 4. The Morgan fingerprint density at radius 2 is 1.76 bits per heavy atom. The van der Waals surface area contributed by atoms with Crippen molar-refractivity contribution in [2.24, 2.45) is 17.3 Å². The molecule has 4 aromatic rings. The molecule has 0 fully saturated rings. The van der Waals surface area contributed by atoms with Gasteiger partial charge < -0.3 is 4.57 Å². The average molecular weight is 458 g/mol. The maximum atomic E-state index is 7.84. The van der Waals surface area contributed by atoms with Gasteiger partial charge in [0.15, 0.2) is 5.82 Å². The number of aromatic nitrogens is 3. The molecule has 4 rings (SSSR count). The van der Waals surface area contributed by atoms with E-state index in [0.29, 0.717) is 24.6 Å². The number of nitrogens with one attached hydrogen (secondary N) is 1. The molecule has 8 heteroatoms. The molecule has 2 aromatic carbocycles. The van der Waals surface area contributed by atoms with Gasteiger partial charge in [-0.3, -0.25) is 9.77 Å². The standard InChI is InChI=1S/C25H28N7P/c1-25(2,3)23-21(26-4)24(32(30-23)16-15-27-33)29-28-20-18-13-9-10-14-19(18)31(5)22(20)17-11-7-6-8-12-17/h6-14,27H,15-16,33H2,1-3,5H3. The highest BCUT2D eigenvalue weighted by Gasteiger charge is 2.27. The lowest BCUT2D eigenvalue weighted by atomic mass is 9.91. The van der Waals surface area contributed by atoms with Crippen molar-refractivity contribution in [2.45, 2.75) is 32.7 Å². The van der Waals surface area contributed by atoms with Gasteiger partial charge in [0.05, 0.1) is 30.0 Å². The smallest absolute Gasteiger partial charge is 0.255 e. The van der Waals surface area contributed by atoms with Gasteiger partial charge in [-0.15, -0.1) is 10.2 Å². The van der Waals surface area contributed by atoms with E-state index in [9.17, 15) is 0 Å². The van der Waals surface area contributed by atoms with Crippen LogP contribution >= 0.6 is 9.39 Å². The van der Waals surface area contributed by atoms with Gasteiger partial charge in [-0.1, -0.05) is 78.7 Å². The number of azo groups is 1. The molecule has 7 nitrogen and oxygen atoms in total. The molecule has 1 atom stereocenters. The van der Waals surface area contributed by atoms with Crippen molar-refractivity contribution in [1.82, 2.24) is 19.4 Å². The van der Waals surface area contributed by atoms with Gasteiger partial charge >= 0.3 is 0 Å². The molecule has 2 heterocycles. The van der Waals surface area contributed by atoms with Gasteiger partial charge in [-0.2, -0.15) is 5.10 Å². The summed E-state index contributed by atoms with van der Waals surface area (Å²) in [6.45, 7) is 15.3. The Balaban J connectivity index is 1.93. The number of aryl methyl sites for hydroxylation is 1. The Morgan fingerprint density at radius 3 is 2.42 bits per heavy atom. The molecule has 0 amide bonds. The summed E-state index contributed by atoms with van der Waals surface area (Å²) in [5, 5.41) is 18.2. The van der Waals surface area contributed by atoms with E-state index in [0.717, 1.165) is 33.5 Å². The summed E-state index contributed by atoms with van der Waals surface area (Å²) in [6, 6.07) is 18.4. The predicted octanol–water partition coefficient (Wildman–Crippen LogP) is 6.69. The summed E-state index contributed by atoms with van der Waals surface area (Å²) < 4.78 is 3.92. The minimum atomic E-state index is -0.279. The number of nitrogens with zero attached hydrogens (tertiary/aromatic N) is 6. The van der Waals surface area contributed by atoms with Crippen molar-refractivity contribution in [3.8, 4) is 11.3 Å². The monoisotopic (exact) mass is 457 g/mol. The lowest BCUT2D eigenvalue weighted by molar-refractivity contribution is 0.533. The first-order valence-electron chi connectivity index (χ1n) is 10.8. The normalized spacial score (nSPS) is 12.0. The average Bonchev–Trinajstić information content (AvgIpc) is 3.31. The first-order valence-corrected chi connectivity index (χ1v) is 11.4. The van der Waals surface area contributed by atoms with Crippen LogP contribution in [0.2, 0.25) is 0 Å². The van der Waals surface area contributed by atoms with Crippen LogP contribution in [0, 0.1) is 6.57 Å². The molecule has 33 heavy (non-hydrogen) atoms. The second kappa shape index (κ2) is 9.27. The summed E-state index contributed by atoms with van der Waals surface area (Å²) >= 11 is 0. The predicted molar refractivity (Wildman–Crippen MR) is 137 cm³/mol. The maximum Gasteiger partial charge on any atom is 0.255 e. The highest BCUT2D eigenvalue weighted by Crippen LogP contribution is 2.43. The second-order valence-corrected chi connectivity index (χ2v) is 9.31. The number of benzene rings is 2. The Kier molecular flexibility index (Phi) is 6.42.